The predicted molar refractivity (Wildman–Crippen MR) is 95.3 cm³/mol. The number of rotatable bonds is 4. The van der Waals surface area contributed by atoms with E-state index in [4.69, 9.17) is 5.73 Å². The van der Waals surface area contributed by atoms with Gasteiger partial charge in [0.15, 0.2) is 5.69 Å². The Morgan fingerprint density at radius 1 is 1.32 bits per heavy atom. The van der Waals surface area contributed by atoms with Crippen molar-refractivity contribution in [2.24, 2.45) is 17.6 Å². The smallest absolute Gasteiger partial charge is 0.273 e. The molecular weight excluding hydrogens is 344 g/mol. The Hall–Kier alpha value is -1.67. The van der Waals surface area contributed by atoms with Gasteiger partial charge in [-0.25, -0.2) is 4.68 Å². The molecule has 2 aliphatic carbocycles. The van der Waals surface area contributed by atoms with Gasteiger partial charge in [-0.05, 0) is 37.5 Å². The van der Waals surface area contributed by atoms with Crippen molar-refractivity contribution in [1.82, 2.24) is 25.2 Å². The van der Waals surface area contributed by atoms with Gasteiger partial charge < -0.3 is 16.0 Å². The molecule has 2 amide bonds. The number of nitrogens with one attached hydrogen (secondary N) is 1. The molecule has 2 bridgehead atoms. The Balaban J connectivity index is 0.00000225. The third kappa shape index (κ3) is 4.49. The number of hydrogen-bond donors (Lipinski definition) is 2. The van der Waals surface area contributed by atoms with Gasteiger partial charge in [0.2, 0.25) is 5.91 Å². The maximum absolute atomic E-state index is 12.5. The molecule has 1 aromatic heterocycles. The third-order valence-corrected chi connectivity index (χ3v) is 5.24. The summed E-state index contributed by atoms with van der Waals surface area (Å²) in [6.07, 6.45) is 6.95. The van der Waals surface area contributed by atoms with Gasteiger partial charge in [0, 0.05) is 26.2 Å². The SMILES string of the molecule is CN(C)C(=O)Cn1cc(C(=O)NC2C3CCCC2CC(N)C3)nn1.Cl. The lowest BCUT2D eigenvalue weighted by Gasteiger charge is -2.45. The number of aromatic nitrogens is 3. The van der Waals surface area contributed by atoms with Gasteiger partial charge in [0.1, 0.15) is 6.54 Å². The number of halogens is 1. The van der Waals surface area contributed by atoms with Crippen LogP contribution in [0.25, 0.3) is 0 Å². The Kier molecular flexibility index (Phi) is 6.40. The highest BCUT2D eigenvalue weighted by Gasteiger charge is 2.40. The maximum Gasteiger partial charge on any atom is 0.273 e. The normalized spacial score (nSPS) is 28.0. The average molecular weight is 371 g/mol. The molecule has 2 aliphatic rings. The van der Waals surface area contributed by atoms with E-state index in [-0.39, 0.29) is 48.5 Å². The summed E-state index contributed by atoms with van der Waals surface area (Å²) in [4.78, 5) is 25.7. The topological polar surface area (TPSA) is 106 Å². The van der Waals surface area contributed by atoms with E-state index in [9.17, 15) is 9.59 Å². The lowest BCUT2D eigenvalue weighted by atomic mass is 9.67. The average Bonchev–Trinajstić information content (AvgIpc) is 2.96. The second-order valence-electron chi connectivity index (χ2n) is 7.27. The molecule has 0 spiro atoms. The van der Waals surface area contributed by atoms with Gasteiger partial charge in [-0.15, -0.1) is 17.5 Å². The summed E-state index contributed by atoms with van der Waals surface area (Å²) < 4.78 is 1.40. The quantitative estimate of drug-likeness (QED) is 0.799. The third-order valence-electron chi connectivity index (χ3n) is 5.24. The Morgan fingerprint density at radius 3 is 2.56 bits per heavy atom. The van der Waals surface area contributed by atoms with E-state index in [1.807, 2.05) is 0 Å². The van der Waals surface area contributed by atoms with Crippen LogP contribution in [0.5, 0.6) is 0 Å². The molecule has 2 fully saturated rings. The van der Waals surface area contributed by atoms with Crippen LogP contribution in [-0.4, -0.2) is 57.9 Å². The summed E-state index contributed by atoms with van der Waals surface area (Å²) in [5.74, 6) is 0.613. The molecule has 2 unspecified atom stereocenters. The van der Waals surface area contributed by atoms with Gasteiger partial charge in [-0.3, -0.25) is 9.59 Å². The van der Waals surface area contributed by atoms with E-state index in [0.29, 0.717) is 11.8 Å². The van der Waals surface area contributed by atoms with Gasteiger partial charge in [-0.2, -0.15) is 0 Å². The Bertz CT molecular complexity index is 606. The van der Waals surface area contributed by atoms with E-state index in [2.05, 4.69) is 15.6 Å². The van der Waals surface area contributed by atoms with Crippen LogP contribution in [0.4, 0.5) is 0 Å². The van der Waals surface area contributed by atoms with Gasteiger partial charge in [0.25, 0.3) is 5.91 Å². The van der Waals surface area contributed by atoms with Crippen LogP contribution in [0, 0.1) is 11.8 Å². The van der Waals surface area contributed by atoms with Crippen molar-refractivity contribution in [2.45, 2.75) is 50.7 Å². The molecule has 9 heteroatoms. The number of carbonyl (C=O) groups is 2. The van der Waals surface area contributed by atoms with E-state index in [1.54, 1.807) is 14.1 Å². The molecule has 2 saturated carbocycles. The molecular formula is C16H27ClN6O2. The summed E-state index contributed by atoms with van der Waals surface area (Å²) in [5.41, 5.74) is 6.39. The van der Waals surface area contributed by atoms with Crippen LogP contribution < -0.4 is 11.1 Å². The number of nitrogens with two attached hydrogens (primary N) is 1. The van der Waals surface area contributed by atoms with Crippen molar-refractivity contribution in [3.63, 3.8) is 0 Å². The van der Waals surface area contributed by atoms with Gasteiger partial charge in [-0.1, -0.05) is 11.6 Å². The molecule has 3 rings (SSSR count). The first-order valence-electron chi connectivity index (χ1n) is 8.60. The van der Waals surface area contributed by atoms with E-state index in [1.165, 1.54) is 22.2 Å². The summed E-state index contributed by atoms with van der Waals surface area (Å²) in [7, 11) is 3.36. The molecule has 3 N–H and O–H groups in total. The number of fused-ring (bicyclic) bond motifs is 2. The first-order valence-corrected chi connectivity index (χ1v) is 8.60. The van der Waals surface area contributed by atoms with Crippen LogP contribution in [0.2, 0.25) is 0 Å². The van der Waals surface area contributed by atoms with Gasteiger partial charge in [0.05, 0.1) is 6.20 Å². The zero-order valence-electron chi connectivity index (χ0n) is 14.7. The van der Waals surface area contributed by atoms with Crippen LogP contribution in [0.15, 0.2) is 6.20 Å². The van der Waals surface area contributed by atoms with Crippen molar-refractivity contribution in [2.75, 3.05) is 14.1 Å². The molecule has 25 heavy (non-hydrogen) atoms. The zero-order chi connectivity index (χ0) is 17.3. The summed E-state index contributed by atoms with van der Waals surface area (Å²) in [6.45, 7) is 0.0802. The minimum absolute atomic E-state index is 0. The largest absolute Gasteiger partial charge is 0.347 e. The maximum atomic E-state index is 12.5. The van der Waals surface area contributed by atoms with Gasteiger partial charge >= 0.3 is 0 Å². The predicted octanol–water partition coefficient (Wildman–Crippen LogP) is 0.424. The number of likely N-dealkylation sites (N-methyl/N-ethyl adjacent to an activating group) is 1. The van der Waals surface area contributed by atoms with Crippen LogP contribution in [-0.2, 0) is 11.3 Å². The van der Waals surface area contributed by atoms with E-state index in [0.717, 1.165) is 25.7 Å². The van der Waals surface area contributed by atoms with E-state index >= 15 is 0 Å². The molecule has 1 aromatic rings. The molecule has 0 saturated heterocycles. The molecule has 2 atom stereocenters. The number of nitrogens with zero attached hydrogens (tertiary/aromatic N) is 4. The molecule has 0 aromatic carbocycles. The number of hydrogen-bond acceptors (Lipinski definition) is 5. The number of amides is 2. The fraction of sp³-hybridized carbons (Fsp3) is 0.750. The minimum Gasteiger partial charge on any atom is -0.347 e. The summed E-state index contributed by atoms with van der Waals surface area (Å²) in [6, 6.07) is 0.436. The molecule has 0 aliphatic heterocycles. The molecule has 0 radical (unpaired) electrons. The second kappa shape index (κ2) is 8.14. The van der Waals surface area contributed by atoms with Crippen molar-refractivity contribution in [1.29, 1.82) is 0 Å². The first kappa shape index (κ1) is 19.7. The van der Waals surface area contributed by atoms with Crippen molar-refractivity contribution >= 4 is 24.2 Å². The second-order valence-corrected chi connectivity index (χ2v) is 7.27. The lowest BCUT2D eigenvalue weighted by molar-refractivity contribution is -0.129. The zero-order valence-corrected chi connectivity index (χ0v) is 15.5. The lowest BCUT2D eigenvalue weighted by Crippen LogP contribution is -2.53. The molecule has 8 nitrogen and oxygen atoms in total. The minimum atomic E-state index is -0.212. The standard InChI is InChI=1S/C16H26N6O2.ClH/c1-21(2)14(23)9-22-8-13(19-20-22)16(24)18-15-10-4-3-5-11(15)7-12(17)6-10;/h8,10-12,15H,3-7,9,17H2,1-2H3,(H,18,24);1H. The Morgan fingerprint density at radius 2 is 1.96 bits per heavy atom. The highest BCUT2D eigenvalue weighted by molar-refractivity contribution is 5.92. The summed E-state index contributed by atoms with van der Waals surface area (Å²) in [5, 5.41) is 10.9. The highest BCUT2D eigenvalue weighted by Crippen LogP contribution is 2.39. The molecule has 1 heterocycles. The number of carbonyl (C=O) groups excluding carboxylic acids is 2. The monoisotopic (exact) mass is 370 g/mol. The van der Waals surface area contributed by atoms with Crippen molar-refractivity contribution in [3.05, 3.63) is 11.9 Å². The van der Waals surface area contributed by atoms with E-state index < -0.39 is 0 Å². The first-order chi connectivity index (χ1) is 11.4. The highest BCUT2D eigenvalue weighted by atomic mass is 35.5. The van der Waals surface area contributed by atoms with Crippen LogP contribution >= 0.6 is 12.4 Å². The van der Waals surface area contributed by atoms with Crippen LogP contribution in [0.3, 0.4) is 0 Å². The Labute approximate surface area is 153 Å². The fourth-order valence-corrected chi connectivity index (χ4v) is 4.01. The van der Waals surface area contributed by atoms with Crippen LogP contribution in [0.1, 0.15) is 42.6 Å². The fourth-order valence-electron chi connectivity index (χ4n) is 4.01. The molecule has 140 valence electrons. The van der Waals surface area contributed by atoms with Crippen molar-refractivity contribution in [3.8, 4) is 0 Å². The van der Waals surface area contributed by atoms with Crippen molar-refractivity contribution < 1.29 is 9.59 Å². The summed E-state index contributed by atoms with van der Waals surface area (Å²) >= 11 is 0.